The van der Waals surface area contributed by atoms with Crippen molar-refractivity contribution in [3.8, 4) is 0 Å². The van der Waals surface area contributed by atoms with E-state index in [1.165, 1.54) is 32.1 Å². The lowest BCUT2D eigenvalue weighted by atomic mass is 9.96. The Labute approximate surface area is 121 Å². The Balaban J connectivity index is 1.58. The van der Waals surface area contributed by atoms with Gasteiger partial charge in [-0.05, 0) is 19.9 Å². The van der Waals surface area contributed by atoms with Gasteiger partial charge in [-0.15, -0.1) is 0 Å². The maximum absolute atomic E-state index is 5.85. The first kappa shape index (κ1) is 13.9. The van der Waals surface area contributed by atoms with Crippen LogP contribution in [-0.2, 0) is 11.3 Å². The zero-order chi connectivity index (χ0) is 13.8. The second-order valence-corrected chi connectivity index (χ2v) is 6.14. The molecule has 5 heteroatoms. The van der Waals surface area contributed by atoms with Crippen molar-refractivity contribution in [2.45, 2.75) is 50.8 Å². The highest BCUT2D eigenvalue weighted by atomic mass is 16.5. The summed E-state index contributed by atoms with van der Waals surface area (Å²) in [6.45, 7) is 3.76. The number of imidazole rings is 1. The minimum Gasteiger partial charge on any atom is -0.374 e. The van der Waals surface area contributed by atoms with Crippen LogP contribution in [0.3, 0.4) is 0 Å². The number of anilines is 1. The Hall–Kier alpha value is -1.07. The smallest absolute Gasteiger partial charge is 0.203 e. The summed E-state index contributed by atoms with van der Waals surface area (Å²) < 4.78 is 8.06. The van der Waals surface area contributed by atoms with Crippen LogP contribution in [0.15, 0.2) is 12.4 Å². The van der Waals surface area contributed by atoms with E-state index in [2.05, 4.69) is 33.0 Å². The summed E-state index contributed by atoms with van der Waals surface area (Å²) in [6, 6.07) is 0.597. The maximum Gasteiger partial charge on any atom is 0.203 e. The van der Waals surface area contributed by atoms with Crippen molar-refractivity contribution in [1.82, 2.24) is 14.5 Å². The SMILES string of the molecule is CN1CCOC(Cn2ccnc2NC2CCCCC2)C1. The molecule has 5 nitrogen and oxygen atoms in total. The molecule has 1 atom stereocenters. The standard InChI is InChI=1S/C15H26N4O/c1-18-9-10-20-14(11-18)12-19-8-7-16-15(19)17-13-5-3-2-4-6-13/h7-8,13-14H,2-6,9-12H2,1H3,(H,16,17). The van der Waals surface area contributed by atoms with Crippen LogP contribution in [0.4, 0.5) is 5.95 Å². The molecule has 0 amide bonds. The number of hydrogen-bond acceptors (Lipinski definition) is 4. The van der Waals surface area contributed by atoms with Gasteiger partial charge in [0, 0.05) is 31.5 Å². The first-order valence-corrected chi connectivity index (χ1v) is 7.89. The molecule has 3 rings (SSSR count). The highest BCUT2D eigenvalue weighted by Gasteiger charge is 2.20. The van der Waals surface area contributed by atoms with Gasteiger partial charge in [0.1, 0.15) is 0 Å². The monoisotopic (exact) mass is 278 g/mol. The second kappa shape index (κ2) is 6.59. The lowest BCUT2D eigenvalue weighted by molar-refractivity contribution is -0.0272. The summed E-state index contributed by atoms with van der Waals surface area (Å²) in [5, 5.41) is 3.61. The predicted molar refractivity (Wildman–Crippen MR) is 80.0 cm³/mol. The molecular weight excluding hydrogens is 252 g/mol. The third-order valence-corrected chi connectivity index (χ3v) is 4.40. The molecule has 2 fully saturated rings. The Bertz CT molecular complexity index is 414. The number of morpholine rings is 1. The van der Waals surface area contributed by atoms with Crippen LogP contribution >= 0.6 is 0 Å². The summed E-state index contributed by atoms with van der Waals surface area (Å²) in [4.78, 5) is 6.81. The Morgan fingerprint density at radius 3 is 3.00 bits per heavy atom. The van der Waals surface area contributed by atoms with Crippen LogP contribution in [0.1, 0.15) is 32.1 Å². The minimum absolute atomic E-state index is 0.273. The Kier molecular flexibility index (Phi) is 4.58. The summed E-state index contributed by atoms with van der Waals surface area (Å²) >= 11 is 0. The van der Waals surface area contributed by atoms with Gasteiger partial charge in [0.25, 0.3) is 0 Å². The van der Waals surface area contributed by atoms with E-state index in [4.69, 9.17) is 4.74 Å². The third-order valence-electron chi connectivity index (χ3n) is 4.40. The quantitative estimate of drug-likeness (QED) is 0.914. The van der Waals surface area contributed by atoms with Crippen molar-refractivity contribution >= 4 is 5.95 Å². The summed E-state index contributed by atoms with van der Waals surface area (Å²) in [5.41, 5.74) is 0. The molecule has 1 saturated carbocycles. The molecule has 1 aromatic rings. The van der Waals surface area contributed by atoms with Crippen molar-refractivity contribution in [3.05, 3.63) is 12.4 Å². The molecule has 0 bridgehead atoms. The molecule has 0 spiro atoms. The topological polar surface area (TPSA) is 42.3 Å². The van der Waals surface area contributed by atoms with Crippen molar-refractivity contribution in [3.63, 3.8) is 0 Å². The minimum atomic E-state index is 0.273. The number of ether oxygens (including phenoxy) is 1. The number of aromatic nitrogens is 2. The van der Waals surface area contributed by atoms with E-state index in [9.17, 15) is 0 Å². The molecule has 0 radical (unpaired) electrons. The van der Waals surface area contributed by atoms with E-state index < -0.39 is 0 Å². The average molecular weight is 278 g/mol. The van der Waals surface area contributed by atoms with Gasteiger partial charge in [0.15, 0.2) is 0 Å². The molecule has 1 aliphatic heterocycles. The van der Waals surface area contributed by atoms with Gasteiger partial charge in [-0.25, -0.2) is 4.98 Å². The van der Waals surface area contributed by atoms with Crippen LogP contribution in [0.2, 0.25) is 0 Å². The van der Waals surface area contributed by atoms with Crippen molar-refractivity contribution in [1.29, 1.82) is 0 Å². The molecule has 1 saturated heterocycles. The second-order valence-electron chi connectivity index (χ2n) is 6.14. The van der Waals surface area contributed by atoms with Gasteiger partial charge >= 0.3 is 0 Å². The van der Waals surface area contributed by atoms with E-state index in [1.54, 1.807) is 0 Å². The maximum atomic E-state index is 5.85. The van der Waals surface area contributed by atoms with Crippen LogP contribution in [0.25, 0.3) is 0 Å². The zero-order valence-corrected chi connectivity index (χ0v) is 12.4. The number of rotatable bonds is 4. The van der Waals surface area contributed by atoms with Crippen LogP contribution < -0.4 is 5.32 Å². The third kappa shape index (κ3) is 3.52. The average Bonchev–Trinajstić information content (AvgIpc) is 2.87. The van der Waals surface area contributed by atoms with E-state index >= 15 is 0 Å². The molecule has 112 valence electrons. The van der Waals surface area contributed by atoms with E-state index in [0.717, 1.165) is 32.2 Å². The first-order chi connectivity index (χ1) is 9.81. The fourth-order valence-corrected chi connectivity index (χ4v) is 3.22. The normalized spacial score (nSPS) is 25.8. The molecule has 2 heterocycles. The zero-order valence-electron chi connectivity index (χ0n) is 12.4. The first-order valence-electron chi connectivity index (χ1n) is 7.89. The molecule has 20 heavy (non-hydrogen) atoms. The fourth-order valence-electron chi connectivity index (χ4n) is 3.22. The van der Waals surface area contributed by atoms with E-state index in [-0.39, 0.29) is 6.10 Å². The molecule has 0 aromatic carbocycles. The summed E-state index contributed by atoms with van der Waals surface area (Å²) in [5.74, 6) is 1.01. The highest BCUT2D eigenvalue weighted by Crippen LogP contribution is 2.21. The van der Waals surface area contributed by atoms with Crippen LogP contribution in [-0.4, -0.2) is 53.3 Å². The van der Waals surface area contributed by atoms with Gasteiger partial charge in [-0.2, -0.15) is 0 Å². The van der Waals surface area contributed by atoms with Crippen molar-refractivity contribution in [2.24, 2.45) is 0 Å². The summed E-state index contributed by atoms with van der Waals surface area (Å²) in [7, 11) is 2.16. The Morgan fingerprint density at radius 2 is 2.20 bits per heavy atom. The molecule has 2 aliphatic rings. The van der Waals surface area contributed by atoms with Crippen LogP contribution in [0.5, 0.6) is 0 Å². The lowest BCUT2D eigenvalue weighted by Gasteiger charge is -2.31. The molecule has 1 aliphatic carbocycles. The molecular formula is C15H26N4O. The van der Waals surface area contributed by atoms with E-state index in [0.29, 0.717) is 6.04 Å². The van der Waals surface area contributed by atoms with Gasteiger partial charge in [0.05, 0.1) is 19.3 Å². The number of nitrogens with zero attached hydrogens (tertiary/aromatic N) is 3. The fraction of sp³-hybridized carbons (Fsp3) is 0.800. The molecule has 1 aromatic heterocycles. The number of likely N-dealkylation sites (N-methyl/N-ethyl adjacent to an activating group) is 1. The van der Waals surface area contributed by atoms with Gasteiger partial charge < -0.3 is 19.5 Å². The van der Waals surface area contributed by atoms with Gasteiger partial charge in [0.2, 0.25) is 5.95 Å². The Morgan fingerprint density at radius 1 is 1.35 bits per heavy atom. The predicted octanol–water partition coefficient (Wildman–Crippen LogP) is 1.96. The highest BCUT2D eigenvalue weighted by molar-refractivity contribution is 5.27. The van der Waals surface area contributed by atoms with E-state index in [1.807, 2.05) is 6.20 Å². The largest absolute Gasteiger partial charge is 0.374 e. The molecule has 1 N–H and O–H groups in total. The molecule has 1 unspecified atom stereocenters. The van der Waals surface area contributed by atoms with Gasteiger partial charge in [-0.3, -0.25) is 0 Å². The van der Waals surface area contributed by atoms with Crippen molar-refractivity contribution in [2.75, 3.05) is 32.1 Å². The number of nitrogens with one attached hydrogen (secondary N) is 1. The van der Waals surface area contributed by atoms with Crippen LogP contribution in [0, 0.1) is 0 Å². The van der Waals surface area contributed by atoms with Gasteiger partial charge in [-0.1, -0.05) is 19.3 Å². The summed E-state index contributed by atoms with van der Waals surface area (Å²) in [6.07, 6.45) is 10.8. The number of hydrogen-bond donors (Lipinski definition) is 1. The van der Waals surface area contributed by atoms with Crippen molar-refractivity contribution < 1.29 is 4.74 Å². The lowest BCUT2D eigenvalue weighted by Crippen LogP contribution is -2.42.